The molecule has 0 N–H and O–H groups in total. The molecule has 0 aromatic heterocycles. The summed E-state index contributed by atoms with van der Waals surface area (Å²) in [5.74, 6) is -0.450. The number of hydrogen-bond acceptors (Lipinski definition) is 4. The number of carbonyl (C=O) groups excluding carboxylic acids is 2. The maximum atomic E-state index is 12.6. The number of hydrogen-bond donors (Lipinski definition) is 0. The lowest BCUT2D eigenvalue weighted by Gasteiger charge is -2.26. The molecule has 236 valence electrons. The maximum absolute atomic E-state index is 12.6. The molecule has 0 aliphatic heterocycles. The molecule has 0 aromatic rings. The Hall–Kier alpha value is -1.06. The first-order valence-corrected chi connectivity index (χ1v) is 18.0. The van der Waals surface area contributed by atoms with Gasteiger partial charge in [0.2, 0.25) is 0 Å². The van der Waals surface area contributed by atoms with Crippen LogP contribution in [0.2, 0.25) is 0 Å². The highest BCUT2D eigenvalue weighted by Crippen LogP contribution is 2.31. The minimum absolute atomic E-state index is 0.0958. The molecule has 0 spiro atoms. The lowest BCUT2D eigenvalue weighted by atomic mass is 9.81. The Balaban J connectivity index is 1.95. The summed E-state index contributed by atoms with van der Waals surface area (Å²) in [6.07, 6.45) is 34.5. The summed E-state index contributed by atoms with van der Waals surface area (Å²) in [7, 11) is 0. The van der Waals surface area contributed by atoms with Gasteiger partial charge in [-0.3, -0.25) is 9.59 Å². The van der Waals surface area contributed by atoms with Crippen LogP contribution in [-0.2, 0) is 19.1 Å². The number of ether oxygens (including phenoxy) is 2. The molecular weight excluding hydrogens is 496 g/mol. The van der Waals surface area contributed by atoms with Gasteiger partial charge in [0, 0.05) is 0 Å². The topological polar surface area (TPSA) is 52.6 Å². The van der Waals surface area contributed by atoms with E-state index in [1.54, 1.807) is 0 Å². The van der Waals surface area contributed by atoms with Crippen molar-refractivity contribution in [2.24, 2.45) is 11.8 Å². The van der Waals surface area contributed by atoms with Gasteiger partial charge < -0.3 is 9.47 Å². The molecule has 4 nitrogen and oxygen atoms in total. The second-order valence-electron chi connectivity index (χ2n) is 12.7. The smallest absolute Gasteiger partial charge is 0.308 e. The zero-order valence-electron chi connectivity index (χ0n) is 27.0. The summed E-state index contributed by atoms with van der Waals surface area (Å²) in [4.78, 5) is 25.2. The highest BCUT2D eigenvalue weighted by atomic mass is 16.5. The third-order valence-electron chi connectivity index (χ3n) is 8.83. The van der Waals surface area contributed by atoms with Gasteiger partial charge >= 0.3 is 11.9 Å². The largest absolute Gasteiger partial charge is 0.465 e. The summed E-state index contributed by atoms with van der Waals surface area (Å²) in [6.45, 7) is 5.60. The molecule has 0 radical (unpaired) electrons. The van der Waals surface area contributed by atoms with E-state index >= 15 is 0 Å². The van der Waals surface area contributed by atoms with E-state index in [4.69, 9.17) is 9.47 Å². The van der Waals surface area contributed by atoms with E-state index in [1.807, 2.05) is 0 Å². The third-order valence-corrected chi connectivity index (χ3v) is 8.83. The molecule has 2 atom stereocenters. The van der Waals surface area contributed by atoms with Crippen LogP contribution in [0.3, 0.4) is 0 Å². The van der Waals surface area contributed by atoms with Crippen molar-refractivity contribution in [1.82, 2.24) is 0 Å². The Morgan fingerprint density at radius 1 is 0.450 bits per heavy atom. The average molecular weight is 565 g/mol. The summed E-state index contributed by atoms with van der Waals surface area (Å²) >= 11 is 0. The fourth-order valence-corrected chi connectivity index (χ4v) is 6.09. The van der Waals surface area contributed by atoms with Gasteiger partial charge in [-0.25, -0.2) is 0 Å². The van der Waals surface area contributed by atoms with Gasteiger partial charge in [-0.05, 0) is 32.1 Å². The van der Waals surface area contributed by atoms with Crippen molar-refractivity contribution >= 4 is 11.9 Å². The van der Waals surface area contributed by atoms with Crippen molar-refractivity contribution in [1.29, 1.82) is 0 Å². The molecule has 0 amide bonds. The van der Waals surface area contributed by atoms with Crippen molar-refractivity contribution in [2.45, 2.75) is 194 Å². The Kier molecular flexibility index (Phi) is 25.9. The standard InChI is InChI=1S/C36H68O4/c1-3-5-7-9-11-13-15-17-19-21-23-25-30-39-35(37)33-28-27-29-34(32-33)36(38)40-31-26-24-22-20-18-16-14-12-10-8-6-4-2/h33-34H,3-32H2,1-2H3. The summed E-state index contributed by atoms with van der Waals surface area (Å²) < 4.78 is 11.2. The summed E-state index contributed by atoms with van der Waals surface area (Å²) in [6, 6.07) is 0. The molecule has 1 aliphatic rings. The van der Waals surface area contributed by atoms with Crippen LogP contribution in [0.4, 0.5) is 0 Å². The summed E-state index contributed by atoms with van der Waals surface area (Å²) in [5, 5.41) is 0. The van der Waals surface area contributed by atoms with Crippen LogP contribution in [0.15, 0.2) is 0 Å². The fraction of sp³-hybridized carbons (Fsp3) is 0.944. The predicted octanol–water partition coefficient (Wildman–Crippen LogP) is 11.3. The number of esters is 2. The zero-order chi connectivity index (χ0) is 28.9. The minimum Gasteiger partial charge on any atom is -0.465 e. The van der Waals surface area contributed by atoms with Gasteiger partial charge in [0.25, 0.3) is 0 Å². The van der Waals surface area contributed by atoms with Crippen LogP contribution >= 0.6 is 0 Å². The van der Waals surface area contributed by atoms with E-state index < -0.39 is 0 Å². The Labute approximate surface area is 249 Å². The molecule has 1 fully saturated rings. The van der Waals surface area contributed by atoms with Gasteiger partial charge in [0.15, 0.2) is 0 Å². The van der Waals surface area contributed by atoms with E-state index in [0.717, 1.165) is 44.9 Å². The van der Waals surface area contributed by atoms with E-state index in [2.05, 4.69) is 13.8 Å². The van der Waals surface area contributed by atoms with E-state index in [9.17, 15) is 9.59 Å². The molecule has 0 aromatic carbocycles. The van der Waals surface area contributed by atoms with Crippen molar-refractivity contribution in [3.05, 3.63) is 0 Å². The number of carbonyl (C=O) groups is 2. The van der Waals surface area contributed by atoms with Gasteiger partial charge in [0.1, 0.15) is 0 Å². The lowest BCUT2D eigenvalue weighted by Crippen LogP contribution is -2.30. The molecule has 4 heteroatoms. The van der Waals surface area contributed by atoms with Crippen LogP contribution in [0, 0.1) is 11.8 Å². The van der Waals surface area contributed by atoms with E-state index in [-0.39, 0.29) is 23.8 Å². The number of unbranched alkanes of at least 4 members (excludes halogenated alkanes) is 22. The predicted molar refractivity (Wildman–Crippen MR) is 170 cm³/mol. The first-order valence-electron chi connectivity index (χ1n) is 18.0. The Morgan fingerprint density at radius 2 is 0.725 bits per heavy atom. The van der Waals surface area contributed by atoms with Crippen LogP contribution in [0.25, 0.3) is 0 Å². The highest BCUT2D eigenvalue weighted by Gasteiger charge is 2.32. The van der Waals surface area contributed by atoms with Gasteiger partial charge in [-0.15, -0.1) is 0 Å². The Morgan fingerprint density at radius 3 is 1.02 bits per heavy atom. The second kappa shape index (κ2) is 28.1. The molecule has 1 rings (SSSR count). The van der Waals surface area contributed by atoms with Crippen LogP contribution in [0.1, 0.15) is 194 Å². The monoisotopic (exact) mass is 565 g/mol. The van der Waals surface area contributed by atoms with Gasteiger partial charge in [-0.2, -0.15) is 0 Å². The molecule has 0 saturated heterocycles. The van der Waals surface area contributed by atoms with Gasteiger partial charge in [0.05, 0.1) is 25.0 Å². The van der Waals surface area contributed by atoms with Crippen molar-refractivity contribution in [3.8, 4) is 0 Å². The van der Waals surface area contributed by atoms with Gasteiger partial charge in [-0.1, -0.05) is 162 Å². The van der Waals surface area contributed by atoms with Crippen LogP contribution in [-0.4, -0.2) is 25.2 Å². The zero-order valence-corrected chi connectivity index (χ0v) is 27.0. The third kappa shape index (κ3) is 21.7. The number of rotatable bonds is 28. The normalized spacial score (nSPS) is 17.1. The molecular formula is C36H68O4. The highest BCUT2D eigenvalue weighted by molar-refractivity contribution is 5.76. The van der Waals surface area contributed by atoms with Crippen molar-refractivity contribution in [3.63, 3.8) is 0 Å². The Bertz CT molecular complexity index is 527. The maximum Gasteiger partial charge on any atom is 0.308 e. The van der Waals surface area contributed by atoms with Crippen molar-refractivity contribution in [2.75, 3.05) is 13.2 Å². The summed E-state index contributed by atoms with van der Waals surface area (Å²) in [5.41, 5.74) is 0. The first kappa shape index (κ1) is 37.0. The quantitative estimate of drug-likeness (QED) is 0.0700. The first-order chi connectivity index (χ1) is 19.7. The van der Waals surface area contributed by atoms with Crippen molar-refractivity contribution < 1.29 is 19.1 Å². The molecule has 2 unspecified atom stereocenters. The molecule has 40 heavy (non-hydrogen) atoms. The molecule has 0 heterocycles. The van der Waals surface area contributed by atoms with E-state index in [0.29, 0.717) is 19.6 Å². The lowest BCUT2D eigenvalue weighted by molar-refractivity contribution is -0.155. The molecule has 0 bridgehead atoms. The molecule has 1 saturated carbocycles. The molecule has 1 aliphatic carbocycles. The minimum atomic E-state index is -0.129. The SMILES string of the molecule is CCCCCCCCCCCCCCOC(=O)C1CCCC(C(=O)OCCCCCCCCCCCCCC)C1. The second-order valence-corrected chi connectivity index (χ2v) is 12.7. The van der Waals surface area contributed by atoms with E-state index in [1.165, 1.54) is 128 Å². The van der Waals surface area contributed by atoms with Crippen LogP contribution < -0.4 is 0 Å². The average Bonchev–Trinajstić information content (AvgIpc) is 2.97. The van der Waals surface area contributed by atoms with Crippen LogP contribution in [0.5, 0.6) is 0 Å². The fourth-order valence-electron chi connectivity index (χ4n) is 6.09.